The molecule has 4 aromatic rings. The number of thiocarbonyl (C=S) groups is 1. The lowest BCUT2D eigenvalue weighted by atomic mass is 10.1. The van der Waals surface area contributed by atoms with Crippen molar-refractivity contribution in [3.63, 3.8) is 0 Å². The number of guanidine groups is 1. The highest BCUT2D eigenvalue weighted by molar-refractivity contribution is 7.80. The van der Waals surface area contributed by atoms with Gasteiger partial charge < -0.3 is 16.0 Å². The highest BCUT2D eigenvalue weighted by Gasteiger charge is 2.16. The molecule has 0 saturated heterocycles. The second-order valence-electron chi connectivity index (χ2n) is 7.98. The van der Waals surface area contributed by atoms with E-state index in [-0.39, 0.29) is 5.96 Å². The lowest BCUT2D eigenvalue weighted by Crippen LogP contribution is -2.45. The van der Waals surface area contributed by atoms with Crippen LogP contribution in [0.15, 0.2) is 65.8 Å². The SMILES string of the molecule is Cc1ccc(NC(=S)N(CCc2c[nH]c3ccccc23)/C(N)=N/c2nc(C)cc(C)n2)cc1. The van der Waals surface area contributed by atoms with Crippen LogP contribution in [0.25, 0.3) is 10.9 Å². The Labute approximate surface area is 198 Å². The first kappa shape index (κ1) is 22.4. The zero-order chi connectivity index (χ0) is 23.4. The average Bonchev–Trinajstić information content (AvgIpc) is 3.18. The van der Waals surface area contributed by atoms with Crippen LogP contribution in [0, 0.1) is 20.8 Å². The first-order valence-corrected chi connectivity index (χ1v) is 11.2. The summed E-state index contributed by atoms with van der Waals surface area (Å²) in [6.45, 7) is 6.40. The number of rotatable bonds is 5. The number of aliphatic imine (C=N–C) groups is 1. The van der Waals surface area contributed by atoms with Crippen LogP contribution in [0.5, 0.6) is 0 Å². The number of aromatic amines is 1. The minimum Gasteiger partial charge on any atom is -0.369 e. The molecule has 0 spiro atoms. The molecule has 168 valence electrons. The van der Waals surface area contributed by atoms with Crippen molar-refractivity contribution >= 4 is 45.8 Å². The molecule has 2 heterocycles. The first-order chi connectivity index (χ1) is 15.9. The van der Waals surface area contributed by atoms with Gasteiger partial charge in [0.05, 0.1) is 0 Å². The van der Waals surface area contributed by atoms with Crippen molar-refractivity contribution in [1.29, 1.82) is 0 Å². The van der Waals surface area contributed by atoms with Gasteiger partial charge in [-0.15, -0.1) is 0 Å². The second kappa shape index (κ2) is 9.79. The molecule has 0 atom stereocenters. The van der Waals surface area contributed by atoms with Crippen molar-refractivity contribution in [2.75, 3.05) is 11.9 Å². The molecule has 0 aliphatic heterocycles. The number of aryl methyl sites for hydroxylation is 3. The highest BCUT2D eigenvalue weighted by Crippen LogP contribution is 2.19. The van der Waals surface area contributed by atoms with E-state index in [1.54, 1.807) is 4.90 Å². The third-order valence-corrected chi connectivity index (χ3v) is 5.61. The van der Waals surface area contributed by atoms with Crippen LogP contribution >= 0.6 is 12.2 Å². The fourth-order valence-electron chi connectivity index (χ4n) is 3.64. The molecule has 33 heavy (non-hydrogen) atoms. The number of nitrogens with one attached hydrogen (secondary N) is 2. The maximum atomic E-state index is 6.44. The Hall–Kier alpha value is -3.78. The van der Waals surface area contributed by atoms with E-state index in [0.717, 1.165) is 29.0 Å². The number of hydrogen-bond acceptors (Lipinski definition) is 4. The van der Waals surface area contributed by atoms with Gasteiger partial charge in [-0.1, -0.05) is 35.9 Å². The molecule has 0 amide bonds. The molecule has 2 aromatic heterocycles. The summed E-state index contributed by atoms with van der Waals surface area (Å²) < 4.78 is 0. The van der Waals surface area contributed by atoms with Gasteiger partial charge in [-0.3, -0.25) is 4.90 Å². The van der Waals surface area contributed by atoms with E-state index in [0.29, 0.717) is 17.6 Å². The van der Waals surface area contributed by atoms with Crippen molar-refractivity contribution in [2.24, 2.45) is 10.7 Å². The number of fused-ring (bicyclic) bond motifs is 1. The predicted molar refractivity (Wildman–Crippen MR) is 139 cm³/mol. The molecule has 0 bridgehead atoms. The highest BCUT2D eigenvalue weighted by atomic mass is 32.1. The lowest BCUT2D eigenvalue weighted by Gasteiger charge is -2.25. The standard InChI is InChI=1S/C25H27N7S/c1-16-8-10-20(11-9-16)30-25(33)32(23(26)31-24-28-17(2)14-18(3)29-24)13-12-19-15-27-22-7-5-4-6-21(19)22/h4-11,14-15,27H,12-13H2,1-3H3,(H,30,33)(H2,26,28,29,31). The summed E-state index contributed by atoms with van der Waals surface area (Å²) in [6.07, 6.45) is 2.75. The number of anilines is 1. The lowest BCUT2D eigenvalue weighted by molar-refractivity contribution is 0.607. The topological polar surface area (TPSA) is 95.2 Å². The zero-order valence-corrected chi connectivity index (χ0v) is 19.8. The number of benzene rings is 2. The van der Waals surface area contributed by atoms with Crippen molar-refractivity contribution < 1.29 is 0 Å². The van der Waals surface area contributed by atoms with Crippen LogP contribution in [0.1, 0.15) is 22.5 Å². The summed E-state index contributed by atoms with van der Waals surface area (Å²) in [6, 6.07) is 18.2. The van der Waals surface area contributed by atoms with Crippen LogP contribution in [0.4, 0.5) is 11.6 Å². The summed E-state index contributed by atoms with van der Waals surface area (Å²) in [5.74, 6) is 0.560. The van der Waals surface area contributed by atoms with E-state index in [1.165, 1.54) is 16.5 Å². The van der Waals surface area contributed by atoms with Gasteiger partial charge in [-0.2, -0.15) is 4.99 Å². The molecule has 7 nitrogen and oxygen atoms in total. The van der Waals surface area contributed by atoms with E-state index < -0.39 is 0 Å². The van der Waals surface area contributed by atoms with E-state index in [2.05, 4.69) is 37.4 Å². The number of para-hydroxylation sites is 1. The molecule has 0 unspecified atom stereocenters. The van der Waals surface area contributed by atoms with Crippen molar-refractivity contribution in [2.45, 2.75) is 27.2 Å². The molecular weight excluding hydrogens is 430 g/mol. The monoisotopic (exact) mass is 457 g/mol. The van der Waals surface area contributed by atoms with Crippen LogP contribution in [-0.4, -0.2) is 37.5 Å². The molecule has 2 aromatic carbocycles. The molecule has 4 N–H and O–H groups in total. The number of nitrogens with two attached hydrogens (primary N) is 1. The molecule has 0 aliphatic rings. The van der Waals surface area contributed by atoms with Gasteiger partial charge in [0.25, 0.3) is 5.95 Å². The quantitative estimate of drug-likeness (QED) is 0.227. The molecule has 8 heteroatoms. The van der Waals surface area contributed by atoms with Gasteiger partial charge in [0, 0.05) is 40.7 Å². The Morgan fingerprint density at radius 1 is 1.06 bits per heavy atom. The number of nitrogens with zero attached hydrogens (tertiary/aromatic N) is 4. The molecule has 0 aliphatic carbocycles. The Morgan fingerprint density at radius 3 is 2.48 bits per heavy atom. The van der Waals surface area contributed by atoms with E-state index in [4.69, 9.17) is 18.0 Å². The van der Waals surface area contributed by atoms with E-state index in [9.17, 15) is 0 Å². The summed E-state index contributed by atoms with van der Waals surface area (Å²) in [5, 5.41) is 4.92. The Balaban J connectivity index is 1.60. The Bertz CT molecular complexity index is 1290. The Kier molecular flexibility index (Phi) is 6.65. The largest absolute Gasteiger partial charge is 0.369 e. The minimum atomic E-state index is 0.240. The number of hydrogen-bond donors (Lipinski definition) is 3. The minimum absolute atomic E-state index is 0.240. The normalized spacial score (nSPS) is 11.5. The van der Waals surface area contributed by atoms with Crippen molar-refractivity contribution in [1.82, 2.24) is 19.9 Å². The molecular formula is C25H27N7S. The van der Waals surface area contributed by atoms with Gasteiger partial charge in [-0.25, -0.2) is 9.97 Å². The summed E-state index contributed by atoms with van der Waals surface area (Å²) in [5.41, 5.74) is 12.5. The molecule has 4 rings (SSSR count). The second-order valence-corrected chi connectivity index (χ2v) is 8.36. The third-order valence-electron chi connectivity index (χ3n) is 5.29. The number of aromatic nitrogens is 3. The van der Waals surface area contributed by atoms with Crippen LogP contribution in [-0.2, 0) is 6.42 Å². The van der Waals surface area contributed by atoms with E-state index >= 15 is 0 Å². The maximum absolute atomic E-state index is 6.44. The van der Waals surface area contributed by atoms with Gasteiger partial charge in [0.2, 0.25) is 5.96 Å². The number of H-pyrrole nitrogens is 1. The van der Waals surface area contributed by atoms with Crippen molar-refractivity contribution in [3.8, 4) is 0 Å². The summed E-state index contributed by atoms with van der Waals surface area (Å²) in [7, 11) is 0. The molecule has 0 radical (unpaired) electrons. The Morgan fingerprint density at radius 2 is 1.76 bits per heavy atom. The maximum Gasteiger partial charge on any atom is 0.253 e. The first-order valence-electron chi connectivity index (χ1n) is 10.8. The summed E-state index contributed by atoms with van der Waals surface area (Å²) in [4.78, 5) is 18.4. The van der Waals surface area contributed by atoms with Gasteiger partial charge in [-0.05, 0) is 69.2 Å². The predicted octanol–water partition coefficient (Wildman–Crippen LogP) is 4.77. The van der Waals surface area contributed by atoms with Crippen molar-refractivity contribution in [3.05, 3.63) is 83.3 Å². The fourth-order valence-corrected chi connectivity index (χ4v) is 3.94. The van der Waals surface area contributed by atoms with Gasteiger partial charge >= 0.3 is 0 Å². The average molecular weight is 458 g/mol. The molecule has 0 fully saturated rings. The van der Waals surface area contributed by atoms with Crippen LogP contribution < -0.4 is 11.1 Å². The van der Waals surface area contributed by atoms with Gasteiger partial charge in [0.1, 0.15) is 0 Å². The molecule has 0 saturated carbocycles. The smallest absolute Gasteiger partial charge is 0.253 e. The van der Waals surface area contributed by atoms with Crippen LogP contribution in [0.2, 0.25) is 0 Å². The zero-order valence-electron chi connectivity index (χ0n) is 19.0. The third kappa shape index (κ3) is 5.53. The summed E-state index contributed by atoms with van der Waals surface area (Å²) >= 11 is 5.73. The van der Waals surface area contributed by atoms with Gasteiger partial charge in [0.15, 0.2) is 5.11 Å². The van der Waals surface area contributed by atoms with Crippen LogP contribution in [0.3, 0.4) is 0 Å². The fraction of sp³-hybridized carbons (Fsp3) is 0.200. The van der Waals surface area contributed by atoms with E-state index in [1.807, 2.05) is 69.4 Å².